The number of carboxylic acids is 1. The maximum absolute atomic E-state index is 10.8. The van der Waals surface area contributed by atoms with E-state index in [0.29, 0.717) is 22.2 Å². The van der Waals surface area contributed by atoms with Gasteiger partial charge in [0, 0.05) is 26.9 Å². The number of hydrogen-bond donors (Lipinski definition) is 1. The fourth-order valence-corrected chi connectivity index (χ4v) is 3.05. The molecule has 0 atom stereocenters. The minimum Gasteiger partial charge on any atom is -0.481 e. The number of hydrogen-bond acceptors (Lipinski definition) is 4. The summed E-state index contributed by atoms with van der Waals surface area (Å²) < 4.78 is 0. The van der Waals surface area contributed by atoms with Gasteiger partial charge in [-0.3, -0.25) is 4.79 Å². The van der Waals surface area contributed by atoms with Crippen LogP contribution in [0.1, 0.15) is 22.8 Å². The Morgan fingerprint density at radius 1 is 1.29 bits per heavy atom. The summed E-state index contributed by atoms with van der Waals surface area (Å²) in [7, 11) is 0. The minimum atomic E-state index is -0.870. The molecule has 0 radical (unpaired) electrons. The van der Waals surface area contributed by atoms with Crippen LogP contribution in [0, 0.1) is 13.8 Å². The number of carbonyl (C=O) groups is 1. The van der Waals surface area contributed by atoms with E-state index in [4.69, 9.17) is 16.7 Å². The first-order valence-corrected chi connectivity index (χ1v) is 7.75. The van der Waals surface area contributed by atoms with Crippen LogP contribution in [0.2, 0.25) is 5.02 Å². The van der Waals surface area contributed by atoms with Gasteiger partial charge in [-0.1, -0.05) is 17.7 Å². The van der Waals surface area contributed by atoms with E-state index >= 15 is 0 Å². The van der Waals surface area contributed by atoms with Crippen molar-refractivity contribution < 1.29 is 9.90 Å². The molecule has 2 rings (SSSR count). The van der Waals surface area contributed by atoms with Crippen LogP contribution >= 0.6 is 23.4 Å². The van der Waals surface area contributed by atoms with E-state index in [1.165, 1.54) is 0 Å². The molecule has 0 aliphatic rings. The highest BCUT2D eigenvalue weighted by Gasteiger charge is 2.12. The predicted molar refractivity (Wildman–Crippen MR) is 83.9 cm³/mol. The molecule has 21 heavy (non-hydrogen) atoms. The van der Waals surface area contributed by atoms with Crippen molar-refractivity contribution in [3.8, 4) is 0 Å². The Kier molecular flexibility index (Phi) is 5.20. The highest BCUT2D eigenvalue weighted by atomic mass is 35.5. The Labute approximate surface area is 132 Å². The number of halogens is 1. The molecule has 1 heterocycles. The average Bonchev–Trinajstić information content (AvgIpc) is 2.40. The van der Waals surface area contributed by atoms with Crippen molar-refractivity contribution in [2.24, 2.45) is 0 Å². The van der Waals surface area contributed by atoms with Gasteiger partial charge < -0.3 is 5.11 Å². The predicted octanol–water partition coefficient (Wildman–Crippen LogP) is 3.67. The maximum Gasteiger partial charge on any atom is 0.307 e. The van der Waals surface area contributed by atoms with Crippen molar-refractivity contribution >= 4 is 29.3 Å². The van der Waals surface area contributed by atoms with Crippen LogP contribution in [-0.2, 0) is 17.0 Å². The van der Waals surface area contributed by atoms with E-state index in [0.717, 1.165) is 16.3 Å². The number of thioether (sulfide) groups is 1. The molecule has 0 fully saturated rings. The van der Waals surface area contributed by atoms with Crippen molar-refractivity contribution in [3.05, 3.63) is 52.1 Å². The molecule has 0 saturated carbocycles. The summed E-state index contributed by atoms with van der Waals surface area (Å²) in [6.45, 7) is 3.64. The average molecular weight is 323 g/mol. The Bertz CT molecular complexity index is 653. The maximum atomic E-state index is 10.8. The first-order valence-electron chi connectivity index (χ1n) is 6.39. The standard InChI is InChI=1S/C15H15ClN2O2S/c1-9-13(7-15(19)20)10(2)18-14(17-9)8-21-12-5-3-4-11(16)6-12/h3-6H,7-8H2,1-2H3,(H,19,20). The monoisotopic (exact) mass is 322 g/mol. The second-order valence-corrected chi connectivity index (χ2v) is 6.09. The van der Waals surface area contributed by atoms with E-state index in [2.05, 4.69) is 9.97 Å². The lowest BCUT2D eigenvalue weighted by atomic mass is 10.1. The number of aryl methyl sites for hydroxylation is 2. The zero-order chi connectivity index (χ0) is 15.4. The molecule has 0 aliphatic heterocycles. The van der Waals surface area contributed by atoms with Crippen LogP contribution in [0.3, 0.4) is 0 Å². The summed E-state index contributed by atoms with van der Waals surface area (Å²) in [5, 5.41) is 9.59. The van der Waals surface area contributed by atoms with E-state index in [9.17, 15) is 4.79 Å². The second kappa shape index (κ2) is 6.91. The van der Waals surface area contributed by atoms with Gasteiger partial charge in [0.2, 0.25) is 0 Å². The van der Waals surface area contributed by atoms with Crippen LogP contribution in [0.5, 0.6) is 0 Å². The summed E-state index contributed by atoms with van der Waals surface area (Å²) in [6, 6.07) is 7.61. The minimum absolute atomic E-state index is 0.0423. The summed E-state index contributed by atoms with van der Waals surface area (Å²) in [4.78, 5) is 20.7. The third-order valence-corrected chi connectivity index (χ3v) is 4.18. The Balaban J connectivity index is 2.13. The van der Waals surface area contributed by atoms with Crippen molar-refractivity contribution in [2.75, 3.05) is 0 Å². The normalized spacial score (nSPS) is 10.6. The molecule has 1 aromatic heterocycles. The fraction of sp³-hybridized carbons (Fsp3) is 0.267. The SMILES string of the molecule is Cc1nc(CSc2cccc(Cl)c2)nc(C)c1CC(=O)O. The van der Waals surface area contributed by atoms with Gasteiger partial charge in [-0.25, -0.2) is 9.97 Å². The van der Waals surface area contributed by atoms with Gasteiger partial charge in [-0.15, -0.1) is 11.8 Å². The number of nitrogens with zero attached hydrogens (tertiary/aromatic N) is 2. The molecule has 0 unspecified atom stereocenters. The number of aliphatic carboxylic acids is 1. The molecular weight excluding hydrogens is 308 g/mol. The largest absolute Gasteiger partial charge is 0.481 e. The molecule has 110 valence electrons. The smallest absolute Gasteiger partial charge is 0.307 e. The molecule has 2 aromatic rings. The van der Waals surface area contributed by atoms with Crippen molar-refractivity contribution in [3.63, 3.8) is 0 Å². The number of rotatable bonds is 5. The van der Waals surface area contributed by atoms with Crippen molar-refractivity contribution in [1.29, 1.82) is 0 Å². The van der Waals surface area contributed by atoms with Crippen molar-refractivity contribution in [2.45, 2.75) is 30.9 Å². The van der Waals surface area contributed by atoms with Gasteiger partial charge in [0.15, 0.2) is 0 Å². The summed E-state index contributed by atoms with van der Waals surface area (Å²) in [6.07, 6.45) is -0.0423. The molecule has 0 amide bonds. The van der Waals surface area contributed by atoms with Crippen LogP contribution in [0.4, 0.5) is 0 Å². The van der Waals surface area contributed by atoms with E-state index < -0.39 is 5.97 Å². The van der Waals surface area contributed by atoms with E-state index in [-0.39, 0.29) is 6.42 Å². The molecule has 0 saturated heterocycles. The lowest BCUT2D eigenvalue weighted by molar-refractivity contribution is -0.136. The number of benzene rings is 1. The number of aromatic nitrogens is 2. The van der Waals surface area contributed by atoms with Crippen LogP contribution in [-0.4, -0.2) is 21.0 Å². The molecular formula is C15H15ClN2O2S. The summed E-state index contributed by atoms with van der Waals surface area (Å²) in [5.74, 6) is 0.449. The molecule has 6 heteroatoms. The Morgan fingerprint density at radius 3 is 2.52 bits per heavy atom. The zero-order valence-electron chi connectivity index (χ0n) is 11.8. The Morgan fingerprint density at radius 2 is 1.95 bits per heavy atom. The Hall–Kier alpha value is -1.59. The molecule has 0 bridgehead atoms. The highest BCUT2D eigenvalue weighted by molar-refractivity contribution is 7.98. The van der Waals surface area contributed by atoms with Gasteiger partial charge in [-0.2, -0.15) is 0 Å². The fourth-order valence-electron chi connectivity index (χ4n) is 1.99. The van der Waals surface area contributed by atoms with E-state index in [1.807, 2.05) is 38.1 Å². The highest BCUT2D eigenvalue weighted by Crippen LogP contribution is 2.24. The van der Waals surface area contributed by atoms with Crippen LogP contribution < -0.4 is 0 Å². The molecule has 4 nitrogen and oxygen atoms in total. The molecule has 1 aromatic carbocycles. The van der Waals surface area contributed by atoms with Gasteiger partial charge in [0.1, 0.15) is 5.82 Å². The van der Waals surface area contributed by atoms with Gasteiger partial charge in [-0.05, 0) is 32.0 Å². The van der Waals surface area contributed by atoms with Crippen molar-refractivity contribution in [1.82, 2.24) is 9.97 Å². The topological polar surface area (TPSA) is 63.1 Å². The number of carboxylic acid groups (broad SMARTS) is 1. The van der Waals surface area contributed by atoms with Crippen LogP contribution in [0.15, 0.2) is 29.2 Å². The lowest BCUT2D eigenvalue weighted by Crippen LogP contribution is -2.09. The summed E-state index contributed by atoms with van der Waals surface area (Å²) >= 11 is 7.55. The van der Waals surface area contributed by atoms with Gasteiger partial charge in [0.05, 0.1) is 12.2 Å². The first kappa shape index (κ1) is 15.8. The molecule has 1 N–H and O–H groups in total. The van der Waals surface area contributed by atoms with E-state index in [1.54, 1.807) is 11.8 Å². The second-order valence-electron chi connectivity index (χ2n) is 4.61. The first-order chi connectivity index (χ1) is 9.95. The van der Waals surface area contributed by atoms with Crippen LogP contribution in [0.25, 0.3) is 0 Å². The third-order valence-electron chi connectivity index (χ3n) is 2.96. The van der Waals surface area contributed by atoms with Gasteiger partial charge in [0.25, 0.3) is 0 Å². The lowest BCUT2D eigenvalue weighted by Gasteiger charge is -2.09. The summed E-state index contributed by atoms with van der Waals surface area (Å²) in [5.41, 5.74) is 2.15. The third kappa shape index (κ3) is 4.44. The molecule has 0 spiro atoms. The van der Waals surface area contributed by atoms with Gasteiger partial charge >= 0.3 is 5.97 Å². The quantitative estimate of drug-likeness (QED) is 0.851. The zero-order valence-corrected chi connectivity index (χ0v) is 13.3. The molecule has 0 aliphatic carbocycles.